The fourth-order valence-corrected chi connectivity index (χ4v) is 12.0. The molecule has 4 heterocycles. The zero-order valence-electron chi connectivity index (χ0n) is 71.9. The predicted molar refractivity (Wildman–Crippen MR) is 470 cm³/mol. The number of aliphatic hydroxyl groups is 4. The van der Waals surface area contributed by atoms with Gasteiger partial charge in [-0.05, 0) is 187 Å². The maximum Gasteiger partial charge on any atom is 0.158 e. The minimum Gasteiger partial charge on any atom is -0.512 e. The van der Waals surface area contributed by atoms with Crippen molar-refractivity contribution in [1.82, 2.24) is 19.9 Å². The summed E-state index contributed by atoms with van der Waals surface area (Å²) in [6.07, 6.45) is 5.59. The SMILES string of the molecule is CC(=O)C(C)=C(C)O.CC(=O)C(C)=C(C)O.CC(=O)C=C(C)O.CC(=O)C=C(C)O.CC(C)Cc1[c-]c(-c2ccc3ccccc3n2)cc(CC(C)C)c1.Cc1[c-]c(-c2ccc3ccc(CC(C)C)cc3n2)cc(C)c1.Cc1[c-]c(-c2ccc3ccccc3n2)cc(C)c1.Cc1[c-]c(-c2nc3ccccc3cc2C)cc(C)c1.[Ir].[Ir].[Ir].[Ir]. The molecule has 0 atom stereocenters. The summed E-state index contributed by atoms with van der Waals surface area (Å²) in [6.45, 7) is 43.0. The standard InChI is InChI=1S/C23H26N.C21H22N.C18H16N.C17H14N.2C6H10O2.2C5H8O2.4Ir/c1-16(2)11-18-13-19(12-17(3)4)15-21(14-18)23-10-9-20-7-5-6-8-22(20)24-23;1-14(2)9-17-5-6-18-7-8-20(22-21(18)13-17)19-11-15(3)10-16(4)12-19;1-12-8-13(2)10-16(9-12)18-14(3)11-15-6-4-5-7-17(15)19-18;1-12-9-13(2)11-15(10-12)17-8-7-14-5-3-4-6-16(14)18-17;2*1-4(5(2)7)6(3)8;2*1-4(6)3-5(2)7;;;;/h5-10,13-14,16-17H,11-12H2,1-4H3;5-8,10-11,13-14H,9H2,1-4H3;4-9,11H,1-3H3;3-10H,1-2H3;2*7H,1-3H3;2*3,6H,1-2H3;;;;/q4*-1;;;;;;;;. The summed E-state index contributed by atoms with van der Waals surface area (Å²) in [5, 5.41) is 38.8. The Bertz CT molecular complexity index is 5260. The number of para-hydroxylation sites is 3. The molecule has 12 rings (SSSR count). The van der Waals surface area contributed by atoms with Crippen LogP contribution in [0.5, 0.6) is 0 Å². The molecule has 0 amide bonds. The van der Waals surface area contributed by atoms with E-state index in [1.807, 2.05) is 36.4 Å². The molecule has 0 aliphatic rings. The van der Waals surface area contributed by atoms with Gasteiger partial charge >= 0.3 is 0 Å². The van der Waals surface area contributed by atoms with Crippen molar-refractivity contribution in [3.05, 3.63) is 308 Å². The number of carbonyl (C=O) groups excluding carboxylic acids is 4. The van der Waals surface area contributed by atoms with Crippen molar-refractivity contribution in [3.63, 3.8) is 0 Å². The number of nitrogens with zero attached hydrogens (tertiary/aromatic N) is 4. The Balaban J connectivity index is 0.000000694. The van der Waals surface area contributed by atoms with Crippen LogP contribution in [0.4, 0.5) is 0 Å². The molecular formula is C101H114Ir4N4O8-4. The van der Waals surface area contributed by atoms with Gasteiger partial charge in [0.1, 0.15) is 0 Å². The van der Waals surface area contributed by atoms with Crippen LogP contribution in [0, 0.1) is 90.5 Å². The number of allylic oxidation sites excluding steroid dienone is 8. The normalized spacial score (nSPS) is 11.1. The molecule has 0 aliphatic carbocycles. The monoisotopic (exact) mass is 2280 g/mol. The number of aromatic nitrogens is 4. The molecule has 0 bridgehead atoms. The molecule has 4 N–H and O–H groups in total. The van der Waals surface area contributed by atoms with Crippen LogP contribution in [-0.2, 0) is 119 Å². The Morgan fingerprint density at radius 3 is 1.03 bits per heavy atom. The topological polar surface area (TPSA) is 201 Å². The number of pyridine rings is 4. The number of hydrogen-bond acceptors (Lipinski definition) is 12. The first-order valence-electron chi connectivity index (χ1n) is 38.3. The number of aliphatic hydroxyl groups excluding tert-OH is 4. The van der Waals surface area contributed by atoms with E-state index in [1.54, 1.807) is 13.8 Å². The number of hydrogen-bond donors (Lipinski definition) is 4. The van der Waals surface area contributed by atoms with Crippen molar-refractivity contribution in [2.24, 2.45) is 17.8 Å². The Labute approximate surface area is 749 Å². The van der Waals surface area contributed by atoms with Crippen molar-refractivity contribution in [2.75, 3.05) is 0 Å². The predicted octanol–water partition coefficient (Wildman–Crippen LogP) is 25.5. The van der Waals surface area contributed by atoms with Crippen molar-refractivity contribution in [3.8, 4) is 45.0 Å². The Hall–Kier alpha value is -9.16. The zero-order chi connectivity index (χ0) is 83.9. The van der Waals surface area contributed by atoms with E-state index < -0.39 is 0 Å². The third-order valence-electron chi connectivity index (χ3n) is 17.3. The van der Waals surface area contributed by atoms with E-state index in [1.165, 1.54) is 128 Å². The van der Waals surface area contributed by atoms with E-state index in [4.69, 9.17) is 40.4 Å². The van der Waals surface area contributed by atoms with E-state index in [-0.39, 0.29) is 127 Å². The molecular weight excluding hydrogens is 2170 g/mol. The summed E-state index contributed by atoms with van der Waals surface area (Å²) >= 11 is 0. The second-order valence-corrected chi connectivity index (χ2v) is 30.2. The van der Waals surface area contributed by atoms with Gasteiger partial charge in [0.25, 0.3) is 0 Å². The number of fused-ring (bicyclic) bond motifs is 4. The maximum atomic E-state index is 10.4. The second-order valence-electron chi connectivity index (χ2n) is 30.2. The van der Waals surface area contributed by atoms with Crippen LogP contribution in [0.3, 0.4) is 0 Å². The first-order valence-corrected chi connectivity index (χ1v) is 38.3. The number of aryl methyl sites for hydroxylation is 7. The van der Waals surface area contributed by atoms with Crippen LogP contribution >= 0.6 is 0 Å². The van der Waals surface area contributed by atoms with Crippen LogP contribution in [0.25, 0.3) is 88.6 Å². The van der Waals surface area contributed by atoms with E-state index in [2.05, 4.69) is 260 Å². The fraction of sp³-hybridized carbons (Fsp3) is 0.287. The molecule has 0 saturated carbocycles. The van der Waals surface area contributed by atoms with Gasteiger partial charge in [-0.3, -0.25) is 39.1 Å². The van der Waals surface area contributed by atoms with Gasteiger partial charge in [0.05, 0.1) is 45.1 Å². The van der Waals surface area contributed by atoms with Gasteiger partial charge in [-0.15, -0.1) is 140 Å². The Morgan fingerprint density at radius 1 is 0.342 bits per heavy atom. The van der Waals surface area contributed by atoms with Gasteiger partial charge in [0.15, 0.2) is 23.1 Å². The first kappa shape index (κ1) is 106. The number of benzene rings is 8. The summed E-state index contributed by atoms with van der Waals surface area (Å²) in [5.74, 6) is 1.88. The van der Waals surface area contributed by atoms with Gasteiger partial charge in [-0.25, -0.2) is 0 Å². The molecule has 8 aromatic carbocycles. The largest absolute Gasteiger partial charge is 0.512 e. The molecule has 0 saturated heterocycles. The zero-order valence-corrected chi connectivity index (χ0v) is 81.5. The average molecular weight is 2280 g/mol. The van der Waals surface area contributed by atoms with Crippen molar-refractivity contribution in [2.45, 2.75) is 179 Å². The van der Waals surface area contributed by atoms with Gasteiger partial charge < -0.3 is 20.4 Å². The van der Waals surface area contributed by atoms with Gasteiger partial charge in [0.2, 0.25) is 0 Å². The minimum atomic E-state index is -0.125. The first-order chi connectivity index (χ1) is 53.2. The third-order valence-corrected chi connectivity index (χ3v) is 17.3. The fourth-order valence-electron chi connectivity index (χ4n) is 12.0. The molecule has 0 fully saturated rings. The average Bonchev–Trinajstić information content (AvgIpc) is 0.813. The molecule has 626 valence electrons. The molecule has 117 heavy (non-hydrogen) atoms. The van der Waals surface area contributed by atoms with Gasteiger partial charge in [-0.1, -0.05) is 198 Å². The molecule has 12 nitrogen and oxygen atoms in total. The molecule has 12 aromatic rings. The Kier molecular flexibility index (Phi) is 47.6. The molecule has 4 aromatic heterocycles. The molecule has 0 unspecified atom stereocenters. The smallest absolute Gasteiger partial charge is 0.158 e. The summed E-state index contributed by atoms with van der Waals surface area (Å²) in [6, 6.07) is 77.4. The van der Waals surface area contributed by atoms with Crippen molar-refractivity contribution >= 4 is 66.7 Å². The quantitative estimate of drug-likeness (QED) is 0.0457. The molecule has 0 spiro atoms. The van der Waals surface area contributed by atoms with Crippen LogP contribution < -0.4 is 0 Å². The van der Waals surface area contributed by atoms with Crippen LogP contribution in [-0.4, -0.2) is 63.5 Å². The van der Waals surface area contributed by atoms with Gasteiger partial charge in [-0.2, -0.15) is 0 Å². The summed E-state index contributed by atoms with van der Waals surface area (Å²) in [4.78, 5) is 60.0. The van der Waals surface area contributed by atoms with Crippen molar-refractivity contribution < 1.29 is 120 Å². The van der Waals surface area contributed by atoms with Crippen LogP contribution in [0.15, 0.2) is 228 Å². The Morgan fingerprint density at radius 2 is 0.675 bits per heavy atom. The summed E-state index contributed by atoms with van der Waals surface area (Å²) in [7, 11) is 0. The summed E-state index contributed by atoms with van der Waals surface area (Å²) < 4.78 is 0. The van der Waals surface area contributed by atoms with E-state index >= 15 is 0 Å². The molecule has 16 heteroatoms. The van der Waals surface area contributed by atoms with E-state index in [0.29, 0.717) is 28.9 Å². The van der Waals surface area contributed by atoms with Crippen LogP contribution in [0.2, 0.25) is 0 Å². The third kappa shape index (κ3) is 38.0. The molecule has 0 aliphatic heterocycles. The van der Waals surface area contributed by atoms with E-state index in [9.17, 15) is 19.2 Å². The minimum absolute atomic E-state index is 0. The van der Waals surface area contributed by atoms with E-state index in [0.717, 1.165) is 103 Å². The van der Waals surface area contributed by atoms with Gasteiger partial charge in [0, 0.05) is 104 Å². The summed E-state index contributed by atoms with van der Waals surface area (Å²) in [5.41, 5.74) is 25.9. The number of Topliss-reactive ketones (excluding diaryl/α,β-unsaturated/α-hetero) is 2. The maximum absolute atomic E-state index is 10.4. The number of ketones is 4. The molecule has 4 radical (unpaired) electrons. The van der Waals surface area contributed by atoms with Crippen molar-refractivity contribution in [1.29, 1.82) is 0 Å². The number of carbonyl (C=O) groups is 4. The number of rotatable bonds is 14. The van der Waals surface area contributed by atoms with Crippen LogP contribution in [0.1, 0.15) is 166 Å². The second kappa shape index (κ2) is 52.6.